The molecule has 0 radical (unpaired) electrons. The average Bonchev–Trinajstić information content (AvgIpc) is 2.97. The van der Waals surface area contributed by atoms with Gasteiger partial charge in [-0.15, -0.1) is 0 Å². The number of aryl methyl sites for hydroxylation is 1. The van der Waals surface area contributed by atoms with Crippen molar-refractivity contribution in [2.45, 2.75) is 13.5 Å². The molecule has 0 saturated heterocycles. The summed E-state index contributed by atoms with van der Waals surface area (Å²) in [5.41, 5.74) is 3.82. The summed E-state index contributed by atoms with van der Waals surface area (Å²) in [4.78, 5) is 5.87. The van der Waals surface area contributed by atoms with Crippen molar-refractivity contribution in [3.63, 3.8) is 0 Å². The molecule has 3 rings (SSSR count). The van der Waals surface area contributed by atoms with Crippen molar-refractivity contribution < 1.29 is 0 Å². The number of benzene rings is 1. The summed E-state index contributed by atoms with van der Waals surface area (Å²) in [6.07, 6.45) is 3.58. The van der Waals surface area contributed by atoms with Crippen LogP contribution in [0.25, 0.3) is 5.69 Å². The largest absolute Gasteiger partial charge is 0.378 e. The standard InChI is InChI=1S/C15H15N5/c1-12-7-8-13(9-16-12)17-10-14-11-18-20(19-14)15-5-3-2-4-6-15/h2-9,11,17H,10H2,1H3. The first-order valence-electron chi connectivity index (χ1n) is 6.44. The van der Waals surface area contributed by atoms with Crippen LogP contribution in [0.1, 0.15) is 11.4 Å². The predicted molar refractivity (Wildman–Crippen MR) is 77.7 cm³/mol. The van der Waals surface area contributed by atoms with Crippen molar-refractivity contribution in [2.75, 3.05) is 5.32 Å². The Morgan fingerprint density at radius 3 is 2.65 bits per heavy atom. The molecular formula is C15H15N5. The van der Waals surface area contributed by atoms with E-state index in [4.69, 9.17) is 0 Å². The summed E-state index contributed by atoms with van der Waals surface area (Å²) >= 11 is 0. The highest BCUT2D eigenvalue weighted by Gasteiger charge is 2.02. The predicted octanol–water partition coefficient (Wildman–Crippen LogP) is 2.58. The average molecular weight is 265 g/mol. The topological polar surface area (TPSA) is 55.6 Å². The molecular weight excluding hydrogens is 250 g/mol. The molecule has 0 aliphatic rings. The van der Waals surface area contributed by atoms with E-state index in [1.54, 1.807) is 11.0 Å². The molecule has 3 aromatic rings. The molecule has 5 heteroatoms. The summed E-state index contributed by atoms with van der Waals surface area (Å²) in [7, 11) is 0. The van der Waals surface area contributed by atoms with Crippen molar-refractivity contribution in [3.05, 3.63) is 66.2 Å². The van der Waals surface area contributed by atoms with Crippen molar-refractivity contribution in [1.82, 2.24) is 20.0 Å². The number of aromatic nitrogens is 4. The minimum absolute atomic E-state index is 0.623. The lowest BCUT2D eigenvalue weighted by Gasteiger charge is -2.03. The first-order valence-corrected chi connectivity index (χ1v) is 6.44. The molecule has 100 valence electrons. The summed E-state index contributed by atoms with van der Waals surface area (Å²) in [6.45, 7) is 2.59. The molecule has 0 atom stereocenters. The van der Waals surface area contributed by atoms with Crippen LogP contribution in [0.3, 0.4) is 0 Å². The van der Waals surface area contributed by atoms with Gasteiger partial charge in [0.2, 0.25) is 0 Å². The second-order valence-corrected chi connectivity index (χ2v) is 4.50. The maximum absolute atomic E-state index is 4.44. The number of rotatable bonds is 4. The van der Waals surface area contributed by atoms with E-state index < -0.39 is 0 Å². The Labute approximate surface area is 117 Å². The van der Waals surface area contributed by atoms with E-state index >= 15 is 0 Å². The van der Waals surface area contributed by atoms with Gasteiger partial charge in [0, 0.05) is 5.69 Å². The van der Waals surface area contributed by atoms with Crippen LogP contribution in [0.15, 0.2) is 54.9 Å². The fraction of sp³-hybridized carbons (Fsp3) is 0.133. The van der Waals surface area contributed by atoms with E-state index in [0.717, 1.165) is 22.8 Å². The van der Waals surface area contributed by atoms with Crippen molar-refractivity contribution >= 4 is 5.69 Å². The molecule has 20 heavy (non-hydrogen) atoms. The molecule has 0 unspecified atom stereocenters. The Hall–Kier alpha value is -2.69. The van der Waals surface area contributed by atoms with Crippen molar-refractivity contribution in [3.8, 4) is 5.69 Å². The lowest BCUT2D eigenvalue weighted by atomic mass is 10.3. The Kier molecular flexibility index (Phi) is 3.41. The van der Waals surface area contributed by atoms with Gasteiger partial charge in [0.05, 0.1) is 30.3 Å². The van der Waals surface area contributed by atoms with E-state index in [2.05, 4.69) is 20.5 Å². The molecule has 0 spiro atoms. The second kappa shape index (κ2) is 5.52. The lowest BCUT2D eigenvalue weighted by molar-refractivity contribution is 0.740. The quantitative estimate of drug-likeness (QED) is 0.787. The van der Waals surface area contributed by atoms with Gasteiger partial charge in [0.25, 0.3) is 0 Å². The van der Waals surface area contributed by atoms with Crippen LogP contribution >= 0.6 is 0 Å². The third kappa shape index (κ3) is 2.83. The summed E-state index contributed by atoms with van der Waals surface area (Å²) in [5.74, 6) is 0. The molecule has 1 aromatic carbocycles. The fourth-order valence-corrected chi connectivity index (χ4v) is 1.83. The smallest absolute Gasteiger partial charge is 0.102 e. The molecule has 2 heterocycles. The highest BCUT2D eigenvalue weighted by atomic mass is 15.5. The van der Waals surface area contributed by atoms with Gasteiger partial charge in [-0.25, -0.2) is 0 Å². The third-order valence-corrected chi connectivity index (χ3v) is 2.91. The Bertz CT molecular complexity index is 673. The first kappa shape index (κ1) is 12.3. The highest BCUT2D eigenvalue weighted by molar-refractivity contribution is 5.41. The second-order valence-electron chi connectivity index (χ2n) is 4.50. The lowest BCUT2D eigenvalue weighted by Crippen LogP contribution is -2.03. The van der Waals surface area contributed by atoms with E-state index in [9.17, 15) is 0 Å². The Morgan fingerprint density at radius 2 is 1.90 bits per heavy atom. The van der Waals surface area contributed by atoms with Crippen LogP contribution in [0.5, 0.6) is 0 Å². The molecule has 0 saturated carbocycles. The zero-order valence-electron chi connectivity index (χ0n) is 11.2. The summed E-state index contributed by atoms with van der Waals surface area (Å²) in [6, 6.07) is 13.8. The zero-order chi connectivity index (χ0) is 13.8. The first-order chi connectivity index (χ1) is 9.81. The molecule has 2 aromatic heterocycles. The van der Waals surface area contributed by atoms with Crippen LogP contribution in [-0.2, 0) is 6.54 Å². The molecule has 5 nitrogen and oxygen atoms in total. The van der Waals surface area contributed by atoms with Gasteiger partial charge < -0.3 is 5.32 Å². The number of hydrogen-bond acceptors (Lipinski definition) is 4. The van der Waals surface area contributed by atoms with Gasteiger partial charge in [0.15, 0.2) is 0 Å². The van der Waals surface area contributed by atoms with Gasteiger partial charge in [-0.05, 0) is 31.2 Å². The van der Waals surface area contributed by atoms with Crippen LogP contribution in [0, 0.1) is 6.92 Å². The monoisotopic (exact) mass is 265 g/mol. The van der Waals surface area contributed by atoms with Gasteiger partial charge in [-0.2, -0.15) is 15.0 Å². The molecule has 0 aliphatic carbocycles. The SMILES string of the molecule is Cc1ccc(NCc2cnn(-c3ccccc3)n2)cn1. The number of anilines is 1. The van der Waals surface area contributed by atoms with Gasteiger partial charge in [-0.1, -0.05) is 18.2 Å². The van der Waals surface area contributed by atoms with E-state index in [1.165, 1.54) is 0 Å². The molecule has 0 fully saturated rings. The van der Waals surface area contributed by atoms with Crippen LogP contribution in [-0.4, -0.2) is 20.0 Å². The van der Waals surface area contributed by atoms with E-state index in [0.29, 0.717) is 6.54 Å². The summed E-state index contributed by atoms with van der Waals surface area (Å²) < 4.78 is 0. The number of para-hydroxylation sites is 1. The third-order valence-electron chi connectivity index (χ3n) is 2.91. The van der Waals surface area contributed by atoms with Crippen molar-refractivity contribution in [2.24, 2.45) is 0 Å². The zero-order valence-corrected chi connectivity index (χ0v) is 11.2. The van der Waals surface area contributed by atoms with Gasteiger partial charge in [-0.3, -0.25) is 4.98 Å². The van der Waals surface area contributed by atoms with E-state index in [1.807, 2.05) is 55.6 Å². The van der Waals surface area contributed by atoms with Crippen molar-refractivity contribution in [1.29, 1.82) is 0 Å². The van der Waals surface area contributed by atoms with Crippen LogP contribution in [0.2, 0.25) is 0 Å². The normalized spacial score (nSPS) is 10.4. The van der Waals surface area contributed by atoms with Crippen LogP contribution < -0.4 is 5.32 Å². The van der Waals surface area contributed by atoms with Gasteiger partial charge >= 0.3 is 0 Å². The Morgan fingerprint density at radius 1 is 1.05 bits per heavy atom. The number of nitrogens with zero attached hydrogens (tertiary/aromatic N) is 4. The molecule has 0 bridgehead atoms. The Balaban J connectivity index is 1.67. The maximum atomic E-state index is 4.44. The van der Waals surface area contributed by atoms with Gasteiger partial charge in [0.1, 0.15) is 5.69 Å². The summed E-state index contributed by atoms with van der Waals surface area (Å²) in [5, 5.41) is 12.0. The minimum Gasteiger partial charge on any atom is -0.378 e. The minimum atomic E-state index is 0.623. The van der Waals surface area contributed by atoms with E-state index in [-0.39, 0.29) is 0 Å². The fourth-order valence-electron chi connectivity index (χ4n) is 1.83. The highest BCUT2D eigenvalue weighted by Crippen LogP contribution is 2.08. The molecule has 0 aliphatic heterocycles. The number of hydrogen-bond donors (Lipinski definition) is 1. The molecule has 0 amide bonds. The number of pyridine rings is 1. The molecule has 1 N–H and O–H groups in total. The number of nitrogens with one attached hydrogen (secondary N) is 1. The van der Waals surface area contributed by atoms with Crippen LogP contribution in [0.4, 0.5) is 5.69 Å². The maximum Gasteiger partial charge on any atom is 0.102 e.